The topological polar surface area (TPSA) is 126 Å². The van der Waals surface area contributed by atoms with Crippen molar-refractivity contribution >= 4 is 73.7 Å². The summed E-state index contributed by atoms with van der Waals surface area (Å²) in [5.41, 5.74) is 6.08. The molecule has 1 aromatic heterocycles. The fourth-order valence-electron chi connectivity index (χ4n) is 3.12. The molecule has 2 aromatic rings. The zero-order valence-corrected chi connectivity index (χ0v) is 19.2. The van der Waals surface area contributed by atoms with E-state index >= 15 is 0 Å². The molecule has 0 bridgehead atoms. The third-order valence-corrected chi connectivity index (χ3v) is 8.73. The number of carbonyl (C=O) groups is 3. The van der Waals surface area contributed by atoms with Gasteiger partial charge in [0, 0.05) is 25.4 Å². The zero-order chi connectivity index (χ0) is 21.4. The standard InChI is InChI=1S/C18H15BrN4O4S3/c19-9-3-1-2-4-10(9)30-11-7-28-16-13(15(25)23(16)14(11)17(26)27)22-12(24)5-8-6-29-18(20)21-8/h1-4,6,13,16H,5,7H2,(H2,20,21)(H,22,24)(H,26,27)/t13-,16+/m1/s1. The molecule has 8 nitrogen and oxygen atoms in total. The maximum atomic E-state index is 12.7. The summed E-state index contributed by atoms with van der Waals surface area (Å²) < 4.78 is 0.849. The van der Waals surface area contributed by atoms with Crippen molar-refractivity contribution in [3.8, 4) is 0 Å². The van der Waals surface area contributed by atoms with Gasteiger partial charge in [0.25, 0.3) is 5.91 Å². The van der Waals surface area contributed by atoms with E-state index in [1.165, 1.54) is 39.8 Å². The van der Waals surface area contributed by atoms with E-state index in [-0.39, 0.29) is 18.0 Å². The van der Waals surface area contributed by atoms with Crippen LogP contribution in [0, 0.1) is 0 Å². The molecule has 1 aromatic carbocycles. The van der Waals surface area contributed by atoms with E-state index in [0.29, 0.717) is 21.5 Å². The number of thioether (sulfide) groups is 2. The molecular weight excluding hydrogens is 512 g/mol. The van der Waals surface area contributed by atoms with E-state index in [0.717, 1.165) is 9.37 Å². The summed E-state index contributed by atoms with van der Waals surface area (Å²) >= 11 is 7.45. The molecule has 2 amide bonds. The second-order valence-electron chi connectivity index (χ2n) is 6.42. The second kappa shape index (κ2) is 8.61. The van der Waals surface area contributed by atoms with Crippen LogP contribution >= 0.6 is 50.8 Å². The van der Waals surface area contributed by atoms with Crippen LogP contribution in [0.1, 0.15) is 5.69 Å². The number of carboxylic acid groups (broad SMARTS) is 1. The number of rotatable bonds is 6. The molecule has 0 radical (unpaired) electrons. The summed E-state index contributed by atoms with van der Waals surface area (Å²) in [6.45, 7) is 0. The average molecular weight is 527 g/mol. The minimum atomic E-state index is -1.16. The lowest BCUT2D eigenvalue weighted by atomic mass is 10.0. The number of carbonyl (C=O) groups excluding carboxylic acids is 2. The minimum absolute atomic E-state index is 0.0135. The molecular formula is C18H15BrN4O4S3. The fraction of sp³-hybridized carbons (Fsp3) is 0.222. The maximum Gasteiger partial charge on any atom is 0.353 e. The van der Waals surface area contributed by atoms with Gasteiger partial charge in [-0.3, -0.25) is 14.5 Å². The lowest BCUT2D eigenvalue weighted by Gasteiger charge is -2.49. The number of nitrogen functional groups attached to an aromatic ring is 1. The predicted octanol–water partition coefficient (Wildman–Crippen LogP) is 2.52. The van der Waals surface area contributed by atoms with Crippen molar-refractivity contribution in [1.82, 2.24) is 15.2 Å². The highest BCUT2D eigenvalue weighted by Gasteiger charge is 2.54. The molecule has 0 unspecified atom stereocenters. The number of hydrogen-bond donors (Lipinski definition) is 3. The monoisotopic (exact) mass is 526 g/mol. The van der Waals surface area contributed by atoms with E-state index < -0.39 is 23.3 Å². The number of aromatic nitrogens is 1. The van der Waals surface area contributed by atoms with E-state index in [1.807, 2.05) is 24.3 Å². The first kappa shape index (κ1) is 21.2. The predicted molar refractivity (Wildman–Crippen MR) is 120 cm³/mol. The summed E-state index contributed by atoms with van der Waals surface area (Å²) in [5.74, 6) is -1.52. The summed E-state index contributed by atoms with van der Waals surface area (Å²) in [4.78, 5) is 43.7. The Morgan fingerprint density at radius 1 is 1.40 bits per heavy atom. The van der Waals surface area contributed by atoms with Gasteiger partial charge in [-0.2, -0.15) is 0 Å². The third-order valence-electron chi connectivity index (χ3n) is 4.43. The first-order valence-corrected chi connectivity index (χ1v) is 12.2. The van der Waals surface area contributed by atoms with Crippen molar-refractivity contribution in [3.63, 3.8) is 0 Å². The number of hydrogen-bond acceptors (Lipinski definition) is 8. The molecule has 0 saturated carbocycles. The molecule has 2 aliphatic rings. The van der Waals surface area contributed by atoms with Gasteiger partial charge in [-0.25, -0.2) is 9.78 Å². The van der Waals surface area contributed by atoms with Gasteiger partial charge in [0.1, 0.15) is 17.1 Å². The normalized spacial score (nSPS) is 20.6. The van der Waals surface area contributed by atoms with Crippen LogP contribution in [0.3, 0.4) is 0 Å². The first-order valence-electron chi connectivity index (χ1n) is 8.68. The second-order valence-corrected chi connectivity index (χ2v) is 10.4. The Morgan fingerprint density at radius 2 is 2.17 bits per heavy atom. The number of thiazole rings is 1. The van der Waals surface area contributed by atoms with Gasteiger partial charge >= 0.3 is 5.97 Å². The molecule has 0 aliphatic carbocycles. The Hall–Kier alpha value is -2.02. The van der Waals surface area contributed by atoms with Crippen LogP contribution in [-0.4, -0.2) is 49.9 Å². The summed E-state index contributed by atoms with van der Waals surface area (Å²) in [5, 5.41) is 14.1. The van der Waals surface area contributed by atoms with Crippen molar-refractivity contribution < 1.29 is 19.5 Å². The maximum absolute atomic E-state index is 12.7. The lowest BCUT2D eigenvalue weighted by Crippen LogP contribution is -2.70. The molecule has 30 heavy (non-hydrogen) atoms. The Morgan fingerprint density at radius 3 is 2.83 bits per heavy atom. The summed E-state index contributed by atoms with van der Waals surface area (Å²) in [7, 11) is 0. The van der Waals surface area contributed by atoms with Crippen LogP contribution in [0.25, 0.3) is 0 Å². The smallest absolute Gasteiger partial charge is 0.353 e. The van der Waals surface area contributed by atoms with Gasteiger partial charge in [0.15, 0.2) is 5.13 Å². The molecule has 4 N–H and O–H groups in total. The Labute approximate surface area is 192 Å². The van der Waals surface area contributed by atoms with Crippen LogP contribution in [0.15, 0.2) is 49.6 Å². The van der Waals surface area contributed by atoms with Crippen molar-refractivity contribution in [3.05, 3.63) is 50.4 Å². The lowest BCUT2D eigenvalue weighted by molar-refractivity contribution is -0.150. The van der Waals surface area contributed by atoms with E-state index in [9.17, 15) is 19.5 Å². The minimum Gasteiger partial charge on any atom is -0.477 e. The summed E-state index contributed by atoms with van der Waals surface area (Å²) in [6.07, 6.45) is 0.0135. The van der Waals surface area contributed by atoms with Gasteiger partial charge in [-0.15, -0.1) is 23.1 Å². The number of nitrogens with two attached hydrogens (primary N) is 1. The Bertz CT molecular complexity index is 1070. The molecule has 2 atom stereocenters. The van der Waals surface area contributed by atoms with Crippen molar-refractivity contribution in [1.29, 1.82) is 0 Å². The highest BCUT2D eigenvalue weighted by Crippen LogP contribution is 2.46. The quantitative estimate of drug-likeness (QED) is 0.490. The van der Waals surface area contributed by atoms with E-state index in [4.69, 9.17) is 5.73 Å². The van der Waals surface area contributed by atoms with Crippen LogP contribution in [0.4, 0.5) is 5.13 Å². The third kappa shape index (κ3) is 4.09. The van der Waals surface area contributed by atoms with Crippen LogP contribution in [0.5, 0.6) is 0 Å². The van der Waals surface area contributed by atoms with Gasteiger partial charge in [-0.05, 0) is 28.1 Å². The number of anilines is 1. The number of nitrogens with one attached hydrogen (secondary N) is 1. The largest absolute Gasteiger partial charge is 0.477 e. The van der Waals surface area contributed by atoms with Crippen LogP contribution in [0.2, 0.25) is 0 Å². The van der Waals surface area contributed by atoms with Crippen LogP contribution in [-0.2, 0) is 20.8 Å². The van der Waals surface area contributed by atoms with Crippen molar-refractivity contribution in [2.45, 2.75) is 22.7 Å². The van der Waals surface area contributed by atoms with Gasteiger partial charge in [-0.1, -0.05) is 23.9 Å². The van der Waals surface area contributed by atoms with E-state index in [1.54, 1.807) is 5.38 Å². The number of β-lactam (4-membered cyclic amide) rings is 1. The number of benzene rings is 1. The van der Waals surface area contributed by atoms with Gasteiger partial charge < -0.3 is 16.2 Å². The number of nitrogens with zero attached hydrogens (tertiary/aromatic N) is 2. The molecule has 0 spiro atoms. The Balaban J connectivity index is 1.49. The molecule has 1 fully saturated rings. The van der Waals surface area contributed by atoms with Crippen LogP contribution < -0.4 is 11.1 Å². The molecule has 156 valence electrons. The molecule has 3 heterocycles. The molecule has 1 saturated heterocycles. The number of halogens is 1. The Kier molecular flexibility index (Phi) is 6.09. The average Bonchev–Trinajstić information content (AvgIpc) is 3.11. The van der Waals surface area contributed by atoms with E-state index in [2.05, 4.69) is 26.2 Å². The fourth-order valence-corrected chi connectivity index (χ4v) is 6.71. The molecule has 12 heteroatoms. The SMILES string of the molecule is Nc1nc(CC(=O)N[C@@H]2C(=O)N3C(C(=O)O)=C(Sc4ccccc4Br)CS[C@@H]23)cs1. The molecule has 2 aliphatic heterocycles. The number of carboxylic acids is 1. The highest BCUT2D eigenvalue weighted by molar-refractivity contribution is 9.10. The van der Waals surface area contributed by atoms with Gasteiger partial charge in [0.05, 0.1) is 12.1 Å². The van der Waals surface area contributed by atoms with Crippen molar-refractivity contribution in [2.75, 3.05) is 11.5 Å². The summed E-state index contributed by atoms with van der Waals surface area (Å²) in [6, 6.07) is 6.73. The number of fused-ring (bicyclic) bond motifs is 1. The zero-order valence-electron chi connectivity index (χ0n) is 15.2. The number of amides is 2. The van der Waals surface area contributed by atoms with Gasteiger partial charge in [0.2, 0.25) is 5.91 Å². The molecule has 4 rings (SSSR count). The number of aliphatic carboxylic acids is 1. The highest BCUT2D eigenvalue weighted by atomic mass is 79.9. The first-order chi connectivity index (χ1) is 14.3. The van der Waals surface area contributed by atoms with Crippen molar-refractivity contribution in [2.24, 2.45) is 0 Å².